The van der Waals surface area contributed by atoms with Crippen LogP contribution in [0.2, 0.25) is 5.02 Å². The lowest BCUT2D eigenvalue weighted by atomic mass is 10.1. The normalized spacial score (nSPS) is 10.5. The van der Waals surface area contributed by atoms with Crippen LogP contribution in [0.5, 0.6) is 0 Å². The highest BCUT2D eigenvalue weighted by Gasteiger charge is 2.13. The fraction of sp³-hybridized carbons (Fsp3) is 0.154. The predicted octanol–water partition coefficient (Wildman–Crippen LogP) is 4.27. The van der Waals surface area contributed by atoms with Gasteiger partial charge in [-0.2, -0.15) is 0 Å². The van der Waals surface area contributed by atoms with Gasteiger partial charge in [0.2, 0.25) is 0 Å². The van der Waals surface area contributed by atoms with Gasteiger partial charge in [0.15, 0.2) is 5.78 Å². The Labute approximate surface area is 108 Å². The molecule has 2 rings (SSSR count). The molecule has 0 aliphatic carbocycles. The first-order valence-corrected chi connectivity index (χ1v) is 6.35. The van der Waals surface area contributed by atoms with E-state index in [1.54, 1.807) is 12.1 Å². The highest BCUT2D eigenvalue weighted by Crippen LogP contribution is 2.20. The van der Waals surface area contributed by atoms with E-state index in [0.29, 0.717) is 15.5 Å². The molecule has 0 fully saturated rings. The minimum Gasteiger partial charge on any atom is -0.293 e. The lowest BCUT2D eigenvalue weighted by Gasteiger charge is -2.03. The molecule has 1 nitrogen and oxygen atoms in total. The number of carbonyl (C=O) groups is 1. The predicted molar refractivity (Wildman–Crippen MR) is 68.5 cm³/mol. The summed E-state index contributed by atoms with van der Waals surface area (Å²) in [5.41, 5.74) is 1.32. The van der Waals surface area contributed by atoms with Crippen LogP contribution in [0.3, 0.4) is 0 Å². The summed E-state index contributed by atoms with van der Waals surface area (Å²) in [5.74, 6) is -0.487. The molecular weight excluding hydrogens is 259 g/mol. The van der Waals surface area contributed by atoms with E-state index in [-0.39, 0.29) is 12.2 Å². The van der Waals surface area contributed by atoms with Gasteiger partial charge < -0.3 is 0 Å². The largest absolute Gasteiger partial charge is 0.293 e. The molecule has 1 heterocycles. The monoisotopic (exact) mass is 268 g/mol. The standard InChI is InChI=1S/C13H10ClFOS/c1-8-4-5-17-13(8)12(16)6-9-2-3-10(14)7-11(9)15/h2-5,7H,6H2,1H3. The van der Waals surface area contributed by atoms with Crippen molar-refractivity contribution in [1.29, 1.82) is 0 Å². The third-order valence-electron chi connectivity index (χ3n) is 2.48. The van der Waals surface area contributed by atoms with Crippen LogP contribution in [-0.2, 0) is 6.42 Å². The maximum absolute atomic E-state index is 13.5. The number of hydrogen-bond acceptors (Lipinski definition) is 2. The number of benzene rings is 1. The van der Waals surface area contributed by atoms with Gasteiger partial charge in [0, 0.05) is 11.4 Å². The van der Waals surface area contributed by atoms with Gasteiger partial charge in [-0.05, 0) is 41.6 Å². The molecule has 0 aliphatic heterocycles. The number of rotatable bonds is 3. The third-order valence-corrected chi connectivity index (χ3v) is 3.77. The van der Waals surface area contributed by atoms with Crippen molar-refractivity contribution in [1.82, 2.24) is 0 Å². The van der Waals surface area contributed by atoms with Crippen LogP contribution in [0.4, 0.5) is 4.39 Å². The van der Waals surface area contributed by atoms with Crippen molar-refractivity contribution in [2.24, 2.45) is 0 Å². The molecule has 0 saturated heterocycles. The van der Waals surface area contributed by atoms with Crippen LogP contribution in [0, 0.1) is 12.7 Å². The second-order valence-corrected chi connectivity index (χ2v) is 5.12. The number of thiophene rings is 1. The molecule has 0 N–H and O–H groups in total. The van der Waals surface area contributed by atoms with Crippen molar-refractivity contribution in [3.8, 4) is 0 Å². The van der Waals surface area contributed by atoms with Gasteiger partial charge >= 0.3 is 0 Å². The van der Waals surface area contributed by atoms with Crippen molar-refractivity contribution in [3.05, 3.63) is 56.5 Å². The van der Waals surface area contributed by atoms with Gasteiger partial charge in [0.1, 0.15) is 5.82 Å². The van der Waals surface area contributed by atoms with Crippen molar-refractivity contribution in [2.45, 2.75) is 13.3 Å². The SMILES string of the molecule is Cc1ccsc1C(=O)Cc1ccc(Cl)cc1F. The molecular formula is C13H10ClFOS. The minimum atomic E-state index is -0.431. The Morgan fingerprint density at radius 2 is 2.18 bits per heavy atom. The second-order valence-electron chi connectivity index (χ2n) is 3.77. The average Bonchev–Trinajstić information content (AvgIpc) is 2.68. The number of ketones is 1. The summed E-state index contributed by atoms with van der Waals surface area (Å²) in [5, 5.41) is 2.20. The Kier molecular flexibility index (Phi) is 3.60. The zero-order valence-corrected chi connectivity index (χ0v) is 10.7. The first kappa shape index (κ1) is 12.3. The number of aryl methyl sites for hydroxylation is 1. The topological polar surface area (TPSA) is 17.1 Å². The lowest BCUT2D eigenvalue weighted by molar-refractivity contribution is 0.0995. The van der Waals surface area contributed by atoms with Crippen LogP contribution < -0.4 is 0 Å². The smallest absolute Gasteiger partial charge is 0.177 e. The van der Waals surface area contributed by atoms with Crippen LogP contribution in [0.25, 0.3) is 0 Å². The Morgan fingerprint density at radius 1 is 1.41 bits per heavy atom. The van der Waals surface area contributed by atoms with Crippen molar-refractivity contribution in [3.63, 3.8) is 0 Å². The van der Waals surface area contributed by atoms with Crippen molar-refractivity contribution >= 4 is 28.7 Å². The van der Waals surface area contributed by atoms with Crippen LogP contribution in [-0.4, -0.2) is 5.78 Å². The molecule has 0 atom stereocenters. The molecule has 0 spiro atoms. The first-order chi connectivity index (χ1) is 8.08. The quantitative estimate of drug-likeness (QED) is 0.760. The van der Waals surface area contributed by atoms with Crippen LogP contribution >= 0.6 is 22.9 Å². The fourth-order valence-electron chi connectivity index (χ4n) is 1.58. The summed E-state index contributed by atoms with van der Waals surface area (Å²) in [6.45, 7) is 1.88. The Hall–Kier alpha value is -1.19. The molecule has 4 heteroatoms. The molecule has 2 aromatic rings. The Balaban J connectivity index is 2.22. The molecule has 0 unspecified atom stereocenters. The van der Waals surface area contributed by atoms with Crippen molar-refractivity contribution in [2.75, 3.05) is 0 Å². The zero-order valence-electron chi connectivity index (χ0n) is 9.17. The van der Waals surface area contributed by atoms with E-state index < -0.39 is 5.82 Å². The molecule has 17 heavy (non-hydrogen) atoms. The number of hydrogen-bond donors (Lipinski definition) is 0. The molecule has 0 bridgehead atoms. The Bertz CT molecular complexity index is 562. The van der Waals surface area contributed by atoms with Gasteiger partial charge in [0.25, 0.3) is 0 Å². The van der Waals surface area contributed by atoms with Gasteiger partial charge in [-0.3, -0.25) is 4.79 Å². The fourth-order valence-corrected chi connectivity index (χ4v) is 2.60. The van der Waals surface area contributed by atoms with Crippen LogP contribution in [0.15, 0.2) is 29.6 Å². The molecule has 1 aromatic heterocycles. The number of halogens is 2. The van der Waals surface area contributed by atoms with E-state index in [1.165, 1.54) is 17.4 Å². The van der Waals surface area contributed by atoms with Gasteiger partial charge in [-0.15, -0.1) is 11.3 Å². The average molecular weight is 269 g/mol. The van der Waals surface area contributed by atoms with Crippen LogP contribution in [0.1, 0.15) is 20.8 Å². The molecule has 1 aromatic carbocycles. The summed E-state index contributed by atoms with van der Waals surface area (Å²) in [7, 11) is 0. The molecule has 88 valence electrons. The molecule has 0 radical (unpaired) electrons. The minimum absolute atomic E-state index is 0.0567. The highest BCUT2D eigenvalue weighted by molar-refractivity contribution is 7.12. The first-order valence-electron chi connectivity index (χ1n) is 5.09. The van der Waals surface area contributed by atoms with Gasteiger partial charge in [0.05, 0.1) is 4.88 Å². The second kappa shape index (κ2) is 4.98. The molecule has 0 aliphatic rings. The summed E-state index contributed by atoms with van der Waals surface area (Å²) < 4.78 is 13.5. The Morgan fingerprint density at radius 3 is 2.76 bits per heavy atom. The van der Waals surface area contributed by atoms with E-state index in [2.05, 4.69) is 0 Å². The summed E-state index contributed by atoms with van der Waals surface area (Å²) in [6.07, 6.45) is 0.0738. The highest BCUT2D eigenvalue weighted by atomic mass is 35.5. The van der Waals surface area contributed by atoms with E-state index >= 15 is 0 Å². The number of Topliss-reactive ketones (excluding diaryl/α,β-unsaturated/α-hetero) is 1. The number of carbonyl (C=O) groups excluding carboxylic acids is 1. The summed E-state index contributed by atoms with van der Waals surface area (Å²) >= 11 is 7.04. The maximum Gasteiger partial charge on any atom is 0.177 e. The van der Waals surface area contributed by atoms with Gasteiger partial charge in [-0.25, -0.2) is 4.39 Å². The summed E-state index contributed by atoms with van der Waals surface area (Å²) in [4.78, 5) is 12.6. The van der Waals surface area contributed by atoms with E-state index in [4.69, 9.17) is 11.6 Å². The van der Waals surface area contributed by atoms with E-state index in [1.807, 2.05) is 18.4 Å². The zero-order chi connectivity index (χ0) is 12.4. The summed E-state index contributed by atoms with van der Waals surface area (Å²) in [6, 6.07) is 6.26. The third kappa shape index (κ3) is 2.73. The molecule has 0 amide bonds. The van der Waals surface area contributed by atoms with Crippen molar-refractivity contribution < 1.29 is 9.18 Å². The molecule has 0 saturated carbocycles. The van der Waals surface area contributed by atoms with E-state index in [9.17, 15) is 9.18 Å². The maximum atomic E-state index is 13.5. The lowest BCUT2D eigenvalue weighted by Crippen LogP contribution is -2.04. The van der Waals surface area contributed by atoms with Gasteiger partial charge in [-0.1, -0.05) is 17.7 Å². The van der Waals surface area contributed by atoms with E-state index in [0.717, 1.165) is 5.56 Å².